The summed E-state index contributed by atoms with van der Waals surface area (Å²) in [7, 11) is -0.0432. The third kappa shape index (κ3) is 8.18. The fourth-order valence-corrected chi connectivity index (χ4v) is 2.21. The van der Waals surface area contributed by atoms with Crippen molar-refractivity contribution in [3.8, 4) is 0 Å². The smallest absolute Gasteiger partial charge is 0.0970 e. The van der Waals surface area contributed by atoms with Crippen LogP contribution in [0.1, 0.15) is 34.6 Å². The van der Waals surface area contributed by atoms with E-state index < -0.39 is 0 Å². The normalized spacial score (nSPS) is 13.8. The Hall–Kier alpha value is 0.177. The second kappa shape index (κ2) is 4.14. The molecule has 0 unspecified atom stereocenters. The quantitative estimate of drug-likeness (QED) is 0.616. The lowest BCUT2D eigenvalue weighted by atomic mass is 10.2. The van der Waals surface area contributed by atoms with Gasteiger partial charge in [-0.1, -0.05) is 34.6 Å². The zero-order valence-electron chi connectivity index (χ0n) is 7.99. The Kier molecular flexibility index (Phi) is 4.21. The van der Waals surface area contributed by atoms with Gasteiger partial charge in [0, 0.05) is 0 Å². The molecule has 2 heteroatoms. The second-order valence-electron chi connectivity index (χ2n) is 4.59. The molecular formula is C8H21NSi. The SMILES string of the molecule is CC(C)CN[SiH2]C(C)(C)C. The van der Waals surface area contributed by atoms with Crippen molar-refractivity contribution in [2.45, 2.75) is 39.7 Å². The lowest BCUT2D eigenvalue weighted by Crippen LogP contribution is -2.30. The summed E-state index contributed by atoms with van der Waals surface area (Å²) < 4.78 is 0. The molecule has 0 bridgehead atoms. The van der Waals surface area contributed by atoms with Crippen LogP contribution >= 0.6 is 0 Å². The standard InChI is InChI=1S/C8H21NSi/c1-7(2)6-9-10-8(3,4)5/h7,9H,6,10H2,1-5H3. The monoisotopic (exact) mass is 159 g/mol. The molecule has 0 aromatic carbocycles. The topological polar surface area (TPSA) is 12.0 Å². The van der Waals surface area contributed by atoms with E-state index >= 15 is 0 Å². The molecule has 0 aliphatic rings. The molecule has 0 atom stereocenters. The van der Waals surface area contributed by atoms with E-state index in [1.54, 1.807) is 0 Å². The molecule has 0 spiro atoms. The summed E-state index contributed by atoms with van der Waals surface area (Å²) in [6, 6.07) is 0. The van der Waals surface area contributed by atoms with Crippen LogP contribution in [-0.2, 0) is 0 Å². The van der Waals surface area contributed by atoms with Crippen LogP contribution in [0.15, 0.2) is 0 Å². The highest BCUT2D eigenvalue weighted by Crippen LogP contribution is 2.17. The van der Waals surface area contributed by atoms with Gasteiger partial charge in [-0.3, -0.25) is 0 Å². The van der Waals surface area contributed by atoms with Gasteiger partial charge >= 0.3 is 0 Å². The summed E-state index contributed by atoms with van der Waals surface area (Å²) in [6.45, 7) is 12.6. The largest absolute Gasteiger partial charge is 0.341 e. The van der Waals surface area contributed by atoms with Crippen molar-refractivity contribution in [2.75, 3.05) is 6.54 Å². The molecule has 0 aromatic rings. The van der Waals surface area contributed by atoms with Crippen LogP contribution in [0, 0.1) is 5.92 Å². The number of hydrogen-bond donors (Lipinski definition) is 1. The van der Waals surface area contributed by atoms with Gasteiger partial charge in [-0.25, -0.2) is 0 Å². The molecule has 0 rings (SSSR count). The van der Waals surface area contributed by atoms with E-state index in [-0.39, 0.29) is 9.68 Å². The Balaban J connectivity index is 3.21. The highest BCUT2D eigenvalue weighted by atomic mass is 28.2. The molecule has 0 aromatic heterocycles. The maximum absolute atomic E-state index is 3.56. The van der Waals surface area contributed by atoms with E-state index in [1.807, 2.05) is 0 Å². The van der Waals surface area contributed by atoms with Crippen LogP contribution in [0.2, 0.25) is 5.04 Å². The zero-order chi connectivity index (χ0) is 8.20. The van der Waals surface area contributed by atoms with E-state index in [0.717, 1.165) is 5.92 Å². The lowest BCUT2D eigenvalue weighted by molar-refractivity contribution is 0.618. The minimum absolute atomic E-state index is 0.0432. The van der Waals surface area contributed by atoms with Crippen molar-refractivity contribution >= 4 is 9.68 Å². The minimum atomic E-state index is -0.0432. The highest BCUT2D eigenvalue weighted by molar-refractivity contribution is 6.36. The summed E-state index contributed by atoms with van der Waals surface area (Å²) in [5.74, 6) is 0.801. The van der Waals surface area contributed by atoms with Gasteiger partial charge in [0.1, 0.15) is 0 Å². The Morgan fingerprint density at radius 3 is 2.10 bits per heavy atom. The van der Waals surface area contributed by atoms with Crippen molar-refractivity contribution in [3.63, 3.8) is 0 Å². The fraction of sp³-hybridized carbons (Fsp3) is 1.00. The number of rotatable bonds is 3. The molecular weight excluding hydrogens is 138 g/mol. The number of nitrogens with one attached hydrogen (secondary N) is 1. The van der Waals surface area contributed by atoms with Gasteiger partial charge in [-0.15, -0.1) is 0 Å². The first-order chi connectivity index (χ1) is 4.42. The van der Waals surface area contributed by atoms with E-state index in [0.29, 0.717) is 5.04 Å². The zero-order valence-corrected chi connectivity index (χ0v) is 9.41. The Bertz CT molecular complexity index is 83.7. The van der Waals surface area contributed by atoms with Crippen LogP contribution in [0.25, 0.3) is 0 Å². The first-order valence-corrected chi connectivity index (χ1v) is 5.54. The Labute approximate surface area is 67.5 Å². The summed E-state index contributed by atoms with van der Waals surface area (Å²) >= 11 is 0. The van der Waals surface area contributed by atoms with Crippen molar-refractivity contribution in [2.24, 2.45) is 5.92 Å². The molecule has 10 heavy (non-hydrogen) atoms. The third-order valence-electron chi connectivity index (χ3n) is 1.21. The predicted molar refractivity (Wildman–Crippen MR) is 51.1 cm³/mol. The van der Waals surface area contributed by atoms with Crippen molar-refractivity contribution in [1.82, 2.24) is 4.98 Å². The maximum atomic E-state index is 3.56. The van der Waals surface area contributed by atoms with Gasteiger partial charge in [0.05, 0.1) is 9.68 Å². The van der Waals surface area contributed by atoms with Crippen LogP contribution in [0.5, 0.6) is 0 Å². The van der Waals surface area contributed by atoms with Gasteiger partial charge < -0.3 is 4.98 Å². The van der Waals surface area contributed by atoms with Crippen molar-refractivity contribution in [3.05, 3.63) is 0 Å². The van der Waals surface area contributed by atoms with Crippen LogP contribution in [0.4, 0.5) is 0 Å². The molecule has 1 N–H and O–H groups in total. The van der Waals surface area contributed by atoms with Gasteiger partial charge in [0.15, 0.2) is 0 Å². The van der Waals surface area contributed by atoms with E-state index in [2.05, 4.69) is 39.6 Å². The Morgan fingerprint density at radius 1 is 1.30 bits per heavy atom. The second-order valence-corrected chi connectivity index (χ2v) is 7.56. The molecule has 0 saturated heterocycles. The third-order valence-corrected chi connectivity index (χ3v) is 2.81. The maximum Gasteiger partial charge on any atom is 0.0970 e. The molecule has 62 valence electrons. The molecule has 0 amide bonds. The molecule has 0 radical (unpaired) electrons. The van der Waals surface area contributed by atoms with Crippen LogP contribution < -0.4 is 4.98 Å². The molecule has 0 fully saturated rings. The molecule has 0 aliphatic heterocycles. The summed E-state index contributed by atoms with van der Waals surface area (Å²) in [6.07, 6.45) is 0. The summed E-state index contributed by atoms with van der Waals surface area (Å²) in [4.78, 5) is 3.56. The molecule has 0 saturated carbocycles. The van der Waals surface area contributed by atoms with E-state index in [9.17, 15) is 0 Å². The molecule has 1 nitrogen and oxygen atoms in total. The van der Waals surface area contributed by atoms with E-state index in [4.69, 9.17) is 0 Å². The molecule has 0 aliphatic carbocycles. The Morgan fingerprint density at radius 2 is 1.80 bits per heavy atom. The van der Waals surface area contributed by atoms with E-state index in [1.165, 1.54) is 6.54 Å². The average molecular weight is 159 g/mol. The molecule has 0 heterocycles. The first kappa shape index (κ1) is 10.2. The minimum Gasteiger partial charge on any atom is -0.341 e. The lowest BCUT2D eigenvalue weighted by Gasteiger charge is -2.18. The van der Waals surface area contributed by atoms with Gasteiger partial charge in [-0.05, 0) is 17.5 Å². The summed E-state index contributed by atoms with van der Waals surface area (Å²) in [5.41, 5.74) is 0. The van der Waals surface area contributed by atoms with Crippen LogP contribution in [0.3, 0.4) is 0 Å². The average Bonchev–Trinajstić information content (AvgIpc) is 1.59. The van der Waals surface area contributed by atoms with Gasteiger partial charge in [0.25, 0.3) is 0 Å². The van der Waals surface area contributed by atoms with Crippen molar-refractivity contribution in [1.29, 1.82) is 0 Å². The van der Waals surface area contributed by atoms with Gasteiger partial charge in [0.2, 0.25) is 0 Å². The fourth-order valence-electron chi connectivity index (χ4n) is 0.736. The predicted octanol–water partition coefficient (Wildman–Crippen LogP) is 1.53. The van der Waals surface area contributed by atoms with Gasteiger partial charge in [-0.2, -0.15) is 0 Å². The highest BCUT2D eigenvalue weighted by Gasteiger charge is 2.09. The number of hydrogen-bond acceptors (Lipinski definition) is 1. The van der Waals surface area contributed by atoms with Crippen LogP contribution in [-0.4, -0.2) is 16.2 Å². The summed E-state index contributed by atoms with van der Waals surface area (Å²) in [5, 5.41) is 0.564. The first-order valence-electron chi connectivity index (χ1n) is 4.12. The van der Waals surface area contributed by atoms with Crippen molar-refractivity contribution < 1.29 is 0 Å².